The fraction of sp³-hybridized carbons (Fsp3) is 0.750. The van der Waals surface area contributed by atoms with Crippen LogP contribution in [0.25, 0.3) is 0 Å². The molecule has 0 aliphatic carbocycles. The largest absolute Gasteiger partial charge is 0.301 e. The molecule has 1 aliphatic rings. The Morgan fingerprint density at radius 3 is 2.70 bits per heavy atom. The first-order chi connectivity index (χ1) is 4.93. The lowest BCUT2D eigenvalue weighted by Gasteiger charge is -2.24. The van der Waals surface area contributed by atoms with Gasteiger partial charge in [-0.3, -0.25) is 0 Å². The Bertz CT molecular complexity index is 122. The van der Waals surface area contributed by atoms with Crippen LogP contribution in [0.3, 0.4) is 0 Å². The lowest BCUT2D eigenvalue weighted by atomic mass is 10.4. The number of terminal acetylenes is 1. The number of thioether (sulfide) groups is 1. The van der Waals surface area contributed by atoms with Crippen molar-refractivity contribution in [2.45, 2.75) is 6.42 Å². The topological polar surface area (TPSA) is 3.24 Å². The molecule has 1 rings (SSSR count). The summed E-state index contributed by atoms with van der Waals surface area (Å²) >= 11 is 2.04. The van der Waals surface area contributed by atoms with Gasteiger partial charge >= 0.3 is 0 Å². The zero-order chi connectivity index (χ0) is 7.23. The van der Waals surface area contributed by atoms with E-state index in [9.17, 15) is 0 Å². The van der Waals surface area contributed by atoms with Crippen LogP contribution in [0.2, 0.25) is 0 Å². The standard InChI is InChI=1S/C8H13NS/c1-2-3-4-9-5-7-10-8-6-9/h1H,3-8H2. The molecule has 1 saturated heterocycles. The Hall–Kier alpha value is -0.130. The van der Waals surface area contributed by atoms with Crippen LogP contribution < -0.4 is 0 Å². The zero-order valence-corrected chi connectivity index (χ0v) is 6.99. The minimum absolute atomic E-state index is 0.907. The van der Waals surface area contributed by atoms with E-state index < -0.39 is 0 Å². The molecule has 1 nitrogen and oxygen atoms in total. The van der Waals surface area contributed by atoms with Gasteiger partial charge in [0.05, 0.1) is 0 Å². The van der Waals surface area contributed by atoms with Gasteiger partial charge in [-0.2, -0.15) is 11.8 Å². The summed E-state index contributed by atoms with van der Waals surface area (Å²) in [5.74, 6) is 5.23. The summed E-state index contributed by atoms with van der Waals surface area (Å²) in [6.07, 6.45) is 6.07. The van der Waals surface area contributed by atoms with Gasteiger partial charge in [0.1, 0.15) is 0 Å². The SMILES string of the molecule is C#CCCN1CCSCC1. The summed E-state index contributed by atoms with van der Waals surface area (Å²) < 4.78 is 0. The normalized spacial score (nSPS) is 20.3. The smallest absolute Gasteiger partial charge is 0.0214 e. The van der Waals surface area contributed by atoms with Crippen LogP contribution >= 0.6 is 11.8 Å². The van der Waals surface area contributed by atoms with Gasteiger partial charge in [-0.15, -0.1) is 12.3 Å². The Morgan fingerprint density at radius 2 is 2.10 bits per heavy atom. The molecule has 0 aromatic carbocycles. The Morgan fingerprint density at radius 1 is 1.40 bits per heavy atom. The molecule has 0 radical (unpaired) electrons. The maximum absolute atomic E-state index is 5.16. The first-order valence-corrected chi connectivity index (χ1v) is 4.82. The van der Waals surface area contributed by atoms with E-state index in [-0.39, 0.29) is 0 Å². The molecule has 1 fully saturated rings. The quantitative estimate of drug-likeness (QED) is 0.549. The highest BCUT2D eigenvalue weighted by atomic mass is 32.2. The van der Waals surface area contributed by atoms with Gasteiger partial charge in [-0.1, -0.05) is 0 Å². The van der Waals surface area contributed by atoms with Crippen LogP contribution in [0.4, 0.5) is 0 Å². The maximum Gasteiger partial charge on any atom is 0.0214 e. The molecule has 56 valence electrons. The van der Waals surface area contributed by atoms with Crippen molar-refractivity contribution in [1.29, 1.82) is 0 Å². The first-order valence-electron chi connectivity index (χ1n) is 3.67. The monoisotopic (exact) mass is 155 g/mol. The molecular formula is C8H13NS. The summed E-state index contributed by atoms with van der Waals surface area (Å²) in [5, 5.41) is 0. The van der Waals surface area contributed by atoms with E-state index in [0.29, 0.717) is 0 Å². The summed E-state index contributed by atoms with van der Waals surface area (Å²) in [6.45, 7) is 3.55. The van der Waals surface area contributed by atoms with Crippen LogP contribution in [0, 0.1) is 12.3 Å². The molecule has 0 atom stereocenters. The van der Waals surface area contributed by atoms with Crippen molar-refractivity contribution < 1.29 is 0 Å². The highest BCUT2D eigenvalue weighted by Crippen LogP contribution is 2.08. The number of rotatable bonds is 2. The molecular weight excluding hydrogens is 142 g/mol. The minimum atomic E-state index is 0.907. The van der Waals surface area contributed by atoms with E-state index in [1.165, 1.54) is 24.6 Å². The number of hydrogen-bond acceptors (Lipinski definition) is 2. The second-order valence-electron chi connectivity index (χ2n) is 2.41. The molecule has 0 amide bonds. The average molecular weight is 155 g/mol. The van der Waals surface area contributed by atoms with Crippen LogP contribution in [0.1, 0.15) is 6.42 Å². The molecule has 0 bridgehead atoms. The Labute approximate surface area is 67.2 Å². The molecule has 0 spiro atoms. The van der Waals surface area contributed by atoms with E-state index >= 15 is 0 Å². The van der Waals surface area contributed by atoms with Crippen molar-refractivity contribution in [1.82, 2.24) is 4.90 Å². The van der Waals surface area contributed by atoms with Crippen LogP contribution in [-0.2, 0) is 0 Å². The average Bonchev–Trinajstić information content (AvgIpc) is 2.03. The van der Waals surface area contributed by atoms with E-state index in [0.717, 1.165) is 13.0 Å². The van der Waals surface area contributed by atoms with E-state index in [1.54, 1.807) is 0 Å². The predicted molar refractivity (Wildman–Crippen MR) is 47.2 cm³/mol. The molecule has 1 heterocycles. The van der Waals surface area contributed by atoms with Gasteiger partial charge in [0.2, 0.25) is 0 Å². The molecule has 0 aromatic rings. The van der Waals surface area contributed by atoms with Gasteiger partial charge in [0, 0.05) is 37.6 Å². The van der Waals surface area contributed by atoms with Crippen molar-refractivity contribution in [3.05, 3.63) is 0 Å². The third-order valence-corrected chi connectivity index (χ3v) is 2.62. The van der Waals surface area contributed by atoms with Crippen LogP contribution in [0.5, 0.6) is 0 Å². The lowest BCUT2D eigenvalue weighted by molar-refractivity contribution is 0.310. The molecule has 10 heavy (non-hydrogen) atoms. The van der Waals surface area contributed by atoms with Crippen LogP contribution in [0.15, 0.2) is 0 Å². The van der Waals surface area contributed by atoms with Crippen molar-refractivity contribution in [2.75, 3.05) is 31.1 Å². The third-order valence-electron chi connectivity index (χ3n) is 1.68. The Balaban J connectivity index is 2.09. The maximum atomic E-state index is 5.16. The lowest BCUT2D eigenvalue weighted by Crippen LogP contribution is -2.33. The van der Waals surface area contributed by atoms with Crippen molar-refractivity contribution in [3.63, 3.8) is 0 Å². The fourth-order valence-electron chi connectivity index (χ4n) is 1.05. The summed E-state index contributed by atoms with van der Waals surface area (Å²) in [4.78, 5) is 2.44. The first kappa shape index (κ1) is 7.97. The number of hydrogen-bond donors (Lipinski definition) is 0. The van der Waals surface area contributed by atoms with Gasteiger partial charge in [-0.25, -0.2) is 0 Å². The van der Waals surface area contributed by atoms with E-state index in [1.807, 2.05) is 11.8 Å². The second-order valence-corrected chi connectivity index (χ2v) is 3.63. The summed E-state index contributed by atoms with van der Waals surface area (Å²) in [5.41, 5.74) is 0. The Kier molecular flexibility index (Phi) is 3.71. The molecule has 0 saturated carbocycles. The number of nitrogens with zero attached hydrogens (tertiary/aromatic N) is 1. The molecule has 0 N–H and O–H groups in total. The van der Waals surface area contributed by atoms with Gasteiger partial charge in [0.15, 0.2) is 0 Å². The minimum Gasteiger partial charge on any atom is -0.301 e. The van der Waals surface area contributed by atoms with Crippen LogP contribution in [-0.4, -0.2) is 36.0 Å². The second kappa shape index (κ2) is 4.65. The predicted octanol–water partition coefficient (Wildman–Crippen LogP) is 1.06. The van der Waals surface area contributed by atoms with Crippen molar-refractivity contribution in [3.8, 4) is 12.3 Å². The molecule has 0 unspecified atom stereocenters. The van der Waals surface area contributed by atoms with Crippen molar-refractivity contribution >= 4 is 11.8 Å². The van der Waals surface area contributed by atoms with Gasteiger partial charge in [0.25, 0.3) is 0 Å². The molecule has 1 aliphatic heterocycles. The zero-order valence-electron chi connectivity index (χ0n) is 6.18. The molecule has 2 heteroatoms. The third kappa shape index (κ3) is 2.64. The van der Waals surface area contributed by atoms with E-state index in [2.05, 4.69) is 10.8 Å². The molecule has 0 aromatic heterocycles. The van der Waals surface area contributed by atoms with Crippen molar-refractivity contribution in [2.24, 2.45) is 0 Å². The van der Waals surface area contributed by atoms with Gasteiger partial charge in [-0.05, 0) is 0 Å². The highest BCUT2D eigenvalue weighted by molar-refractivity contribution is 7.99. The van der Waals surface area contributed by atoms with Gasteiger partial charge < -0.3 is 4.90 Å². The highest BCUT2D eigenvalue weighted by Gasteiger charge is 2.07. The van der Waals surface area contributed by atoms with E-state index in [4.69, 9.17) is 6.42 Å². The summed E-state index contributed by atoms with van der Waals surface area (Å²) in [7, 11) is 0. The summed E-state index contributed by atoms with van der Waals surface area (Å²) in [6, 6.07) is 0. The fourth-order valence-corrected chi connectivity index (χ4v) is 2.03.